The van der Waals surface area contributed by atoms with Crippen molar-refractivity contribution in [3.8, 4) is 0 Å². The average Bonchev–Trinajstić information content (AvgIpc) is 3.32. The van der Waals surface area contributed by atoms with Gasteiger partial charge in [-0.15, -0.1) is 0 Å². The summed E-state index contributed by atoms with van der Waals surface area (Å²) in [5.74, 6) is -2.31. The number of fused-ring (bicyclic) bond motifs is 5. The van der Waals surface area contributed by atoms with Crippen molar-refractivity contribution in [2.75, 3.05) is 4.90 Å². The second-order valence-electron chi connectivity index (χ2n) is 8.77. The number of aryl methyl sites for hydroxylation is 1. The van der Waals surface area contributed by atoms with E-state index in [0.29, 0.717) is 11.3 Å². The minimum absolute atomic E-state index is 0.194. The molecule has 0 radical (unpaired) electrons. The number of carbonyl (C=O) groups is 3. The van der Waals surface area contributed by atoms with Gasteiger partial charge in [-0.2, -0.15) is 5.10 Å². The zero-order chi connectivity index (χ0) is 22.7. The Kier molecular flexibility index (Phi) is 4.30. The van der Waals surface area contributed by atoms with Crippen LogP contribution in [0.3, 0.4) is 0 Å². The Balaban J connectivity index is 1.50. The second-order valence-corrected chi connectivity index (χ2v) is 8.77. The van der Waals surface area contributed by atoms with Gasteiger partial charge in [0.25, 0.3) is 0 Å². The first kappa shape index (κ1) is 19.6. The molecule has 6 nitrogen and oxygen atoms in total. The molecular formula is C27H21N3O3. The van der Waals surface area contributed by atoms with Gasteiger partial charge in [0.1, 0.15) is 6.04 Å². The molecule has 6 heteroatoms. The fourth-order valence-corrected chi connectivity index (χ4v) is 5.39. The van der Waals surface area contributed by atoms with Crippen LogP contribution in [0.4, 0.5) is 5.69 Å². The molecule has 0 aromatic heterocycles. The molecular weight excluding hydrogens is 414 g/mol. The third-order valence-corrected chi connectivity index (χ3v) is 6.91. The van der Waals surface area contributed by atoms with Crippen LogP contribution in [-0.2, 0) is 9.59 Å². The topological polar surface area (TPSA) is 70.0 Å². The second kappa shape index (κ2) is 7.24. The predicted molar refractivity (Wildman–Crippen MR) is 124 cm³/mol. The first-order chi connectivity index (χ1) is 16.1. The summed E-state index contributed by atoms with van der Waals surface area (Å²) >= 11 is 0. The summed E-state index contributed by atoms with van der Waals surface area (Å²) in [6.45, 7) is 1.96. The van der Waals surface area contributed by atoms with Crippen LogP contribution in [0.2, 0.25) is 0 Å². The molecule has 3 aliphatic heterocycles. The van der Waals surface area contributed by atoms with Crippen LogP contribution in [0.1, 0.15) is 33.1 Å². The smallest absolute Gasteiger partial charge is 0.240 e. The molecule has 162 valence electrons. The molecule has 3 aromatic carbocycles. The Morgan fingerprint density at radius 3 is 2.24 bits per heavy atom. The number of anilines is 1. The van der Waals surface area contributed by atoms with Crippen LogP contribution in [0.15, 0.2) is 84.0 Å². The van der Waals surface area contributed by atoms with Gasteiger partial charge >= 0.3 is 0 Å². The molecule has 33 heavy (non-hydrogen) atoms. The highest BCUT2D eigenvalue weighted by Gasteiger charge is 2.65. The minimum Gasteiger partial charge on any atom is -0.292 e. The van der Waals surface area contributed by atoms with E-state index in [-0.39, 0.29) is 17.6 Å². The van der Waals surface area contributed by atoms with Gasteiger partial charge in [0.2, 0.25) is 11.8 Å². The van der Waals surface area contributed by atoms with Crippen molar-refractivity contribution in [2.45, 2.75) is 19.0 Å². The lowest BCUT2D eigenvalue weighted by molar-refractivity contribution is -0.124. The van der Waals surface area contributed by atoms with Crippen molar-refractivity contribution in [1.82, 2.24) is 5.01 Å². The summed E-state index contributed by atoms with van der Waals surface area (Å²) in [5, 5.41) is 6.28. The van der Waals surface area contributed by atoms with Crippen LogP contribution < -0.4 is 4.90 Å². The normalized spacial score (nSPS) is 25.1. The van der Waals surface area contributed by atoms with Crippen molar-refractivity contribution in [1.29, 1.82) is 0 Å². The number of para-hydroxylation sites is 1. The highest BCUT2D eigenvalue weighted by Crippen LogP contribution is 2.53. The van der Waals surface area contributed by atoms with E-state index in [0.717, 1.165) is 16.7 Å². The van der Waals surface area contributed by atoms with Gasteiger partial charge in [0, 0.05) is 5.56 Å². The fraction of sp³-hybridized carbons (Fsp3) is 0.185. The number of rotatable bonds is 3. The Morgan fingerprint density at radius 1 is 0.818 bits per heavy atom. The number of hydrogen-bond donors (Lipinski definition) is 0. The Bertz CT molecular complexity index is 1320. The summed E-state index contributed by atoms with van der Waals surface area (Å²) in [6.07, 6.45) is 1.71. The molecule has 2 fully saturated rings. The van der Waals surface area contributed by atoms with E-state index in [4.69, 9.17) is 0 Å². The summed E-state index contributed by atoms with van der Waals surface area (Å²) in [7, 11) is 0. The molecule has 0 spiro atoms. The Morgan fingerprint density at radius 2 is 1.48 bits per heavy atom. The van der Waals surface area contributed by atoms with Crippen LogP contribution >= 0.6 is 0 Å². The van der Waals surface area contributed by atoms with E-state index in [1.807, 2.05) is 49.4 Å². The maximum atomic E-state index is 13.8. The van der Waals surface area contributed by atoms with Gasteiger partial charge in [0.05, 0.1) is 29.8 Å². The van der Waals surface area contributed by atoms with Crippen LogP contribution in [0, 0.1) is 18.8 Å². The number of benzene rings is 3. The number of imide groups is 1. The van der Waals surface area contributed by atoms with Crippen molar-refractivity contribution >= 4 is 29.5 Å². The van der Waals surface area contributed by atoms with Gasteiger partial charge < -0.3 is 0 Å². The van der Waals surface area contributed by atoms with Crippen LogP contribution in [-0.4, -0.2) is 34.9 Å². The van der Waals surface area contributed by atoms with E-state index in [2.05, 4.69) is 5.10 Å². The molecule has 0 aliphatic carbocycles. The molecule has 2 amide bonds. The standard InChI is InChI=1S/C27H21N3O3/c1-16-11-13-17(14-12-16)25(31)24-22-21(23-20-10-6-5-7-18(20)15-28-30(23)24)26(32)29(27(22)33)19-8-3-2-4-9-19/h2-15,21-24H,1H3/t21-,22-,23+,24-/m0/s1. The quantitative estimate of drug-likeness (QED) is 0.464. The highest BCUT2D eigenvalue weighted by molar-refractivity contribution is 6.24. The first-order valence-corrected chi connectivity index (χ1v) is 11.0. The molecule has 3 aliphatic rings. The maximum absolute atomic E-state index is 13.8. The number of Topliss-reactive ketones (excluding diaryl/α,β-unsaturated/α-hetero) is 1. The monoisotopic (exact) mass is 435 g/mol. The number of ketones is 1. The molecule has 0 unspecified atom stereocenters. The van der Waals surface area contributed by atoms with Crippen LogP contribution in [0.25, 0.3) is 0 Å². The molecule has 3 heterocycles. The molecule has 3 aromatic rings. The summed E-state index contributed by atoms with van der Waals surface area (Å²) < 4.78 is 0. The van der Waals surface area contributed by atoms with Gasteiger partial charge in [-0.25, -0.2) is 4.90 Å². The zero-order valence-electron chi connectivity index (χ0n) is 18.0. The Labute approximate surface area is 191 Å². The zero-order valence-corrected chi connectivity index (χ0v) is 18.0. The first-order valence-electron chi connectivity index (χ1n) is 11.0. The van der Waals surface area contributed by atoms with Crippen molar-refractivity contribution < 1.29 is 14.4 Å². The van der Waals surface area contributed by atoms with E-state index >= 15 is 0 Å². The van der Waals surface area contributed by atoms with E-state index < -0.39 is 23.9 Å². The fourth-order valence-electron chi connectivity index (χ4n) is 5.39. The molecule has 0 N–H and O–H groups in total. The lowest BCUT2D eigenvalue weighted by Gasteiger charge is -2.33. The van der Waals surface area contributed by atoms with Gasteiger partial charge in [-0.05, 0) is 30.2 Å². The predicted octanol–water partition coefficient (Wildman–Crippen LogP) is 3.76. The van der Waals surface area contributed by atoms with Crippen molar-refractivity contribution in [3.05, 3.63) is 101 Å². The molecule has 6 rings (SSSR count). The van der Waals surface area contributed by atoms with Gasteiger partial charge in [0.15, 0.2) is 5.78 Å². The van der Waals surface area contributed by atoms with Crippen LogP contribution in [0.5, 0.6) is 0 Å². The lowest BCUT2D eigenvalue weighted by atomic mass is 9.83. The highest BCUT2D eigenvalue weighted by atomic mass is 16.2. The minimum atomic E-state index is -0.850. The molecule has 0 saturated carbocycles. The van der Waals surface area contributed by atoms with Gasteiger partial charge in [-0.3, -0.25) is 19.4 Å². The number of hydrazone groups is 1. The number of amides is 2. The number of hydrogen-bond acceptors (Lipinski definition) is 5. The summed E-state index contributed by atoms with van der Waals surface area (Å²) in [5.41, 5.74) is 3.90. The average molecular weight is 435 g/mol. The van der Waals surface area contributed by atoms with Crippen molar-refractivity contribution in [3.63, 3.8) is 0 Å². The third kappa shape index (κ3) is 2.80. The third-order valence-electron chi connectivity index (χ3n) is 6.91. The summed E-state index contributed by atoms with van der Waals surface area (Å²) in [6, 6.07) is 22.6. The van der Waals surface area contributed by atoms with E-state index in [1.54, 1.807) is 47.6 Å². The lowest BCUT2D eigenvalue weighted by Crippen LogP contribution is -2.44. The summed E-state index contributed by atoms with van der Waals surface area (Å²) in [4.78, 5) is 42.5. The molecule has 2 saturated heterocycles. The molecule has 4 atom stereocenters. The van der Waals surface area contributed by atoms with Crippen molar-refractivity contribution in [2.24, 2.45) is 16.9 Å². The maximum Gasteiger partial charge on any atom is 0.240 e. The molecule has 0 bridgehead atoms. The van der Waals surface area contributed by atoms with E-state index in [1.165, 1.54) is 4.90 Å². The van der Waals surface area contributed by atoms with Gasteiger partial charge in [-0.1, -0.05) is 72.3 Å². The van der Waals surface area contributed by atoms with E-state index in [9.17, 15) is 14.4 Å². The number of nitrogens with zero attached hydrogens (tertiary/aromatic N) is 3. The largest absolute Gasteiger partial charge is 0.292 e. The SMILES string of the molecule is Cc1ccc(C(=O)[C@@H]2[C@H]3C(=O)N(c4ccccc4)C(=O)[C@@H]3[C@H]3c4ccccc4C=NN23)cc1. The number of carbonyl (C=O) groups excluding carboxylic acids is 3. The Hall–Kier alpha value is -4.06.